The summed E-state index contributed by atoms with van der Waals surface area (Å²) in [6.07, 6.45) is 22.9. The van der Waals surface area contributed by atoms with Crippen LogP contribution in [0.1, 0.15) is 130 Å². The molecule has 0 bridgehead atoms. The van der Waals surface area contributed by atoms with Gasteiger partial charge in [0, 0.05) is 12.1 Å². The molecule has 0 radical (unpaired) electrons. The van der Waals surface area contributed by atoms with Crippen LogP contribution in [-0.2, 0) is 0 Å². The highest BCUT2D eigenvalue weighted by Crippen LogP contribution is 2.25. The second-order valence-corrected chi connectivity index (χ2v) is 8.77. The van der Waals surface area contributed by atoms with Crippen LogP contribution in [0.3, 0.4) is 0 Å². The predicted molar refractivity (Wildman–Crippen MR) is 113 cm³/mol. The van der Waals surface area contributed by atoms with Crippen molar-refractivity contribution in [2.75, 3.05) is 6.61 Å². The highest BCUT2D eigenvalue weighted by atomic mass is 16.2. The number of unbranched alkanes of at least 4 members (excludes halogenated alkanes) is 13. The van der Waals surface area contributed by atoms with Crippen molar-refractivity contribution in [2.24, 2.45) is 11.7 Å². The van der Waals surface area contributed by atoms with Gasteiger partial charge in [0.1, 0.15) is 0 Å². The van der Waals surface area contributed by atoms with Crippen LogP contribution in [-0.4, -0.2) is 17.3 Å². The maximum absolute atomic E-state index is 9.03. The summed E-state index contributed by atoms with van der Waals surface area (Å²) < 4.78 is 0. The lowest BCUT2D eigenvalue weighted by molar-refractivity contribution is 0.228. The molecule has 0 aromatic carbocycles. The fourth-order valence-electron chi connectivity index (χ4n) is 3.81. The van der Waals surface area contributed by atoms with Crippen molar-refractivity contribution in [1.29, 1.82) is 0 Å². The van der Waals surface area contributed by atoms with E-state index in [0.29, 0.717) is 12.5 Å². The molecule has 0 saturated carbocycles. The van der Waals surface area contributed by atoms with Gasteiger partial charge in [-0.1, -0.05) is 96.8 Å². The Morgan fingerprint density at radius 1 is 0.640 bits per heavy atom. The Bertz CT molecular complexity index is 259. The van der Waals surface area contributed by atoms with Gasteiger partial charge >= 0.3 is 0 Å². The van der Waals surface area contributed by atoms with Gasteiger partial charge in [0.25, 0.3) is 0 Å². The minimum atomic E-state index is -0.105. The van der Waals surface area contributed by atoms with Crippen molar-refractivity contribution < 1.29 is 5.11 Å². The van der Waals surface area contributed by atoms with Gasteiger partial charge in [-0.05, 0) is 39.0 Å². The first-order valence-electron chi connectivity index (χ1n) is 11.4. The first kappa shape index (κ1) is 24.9. The third kappa shape index (κ3) is 17.1. The molecule has 0 aromatic rings. The van der Waals surface area contributed by atoms with E-state index in [1.165, 1.54) is 96.3 Å². The summed E-state index contributed by atoms with van der Waals surface area (Å²) in [5.74, 6) is 0.553. The molecule has 0 spiro atoms. The van der Waals surface area contributed by atoms with E-state index in [2.05, 4.69) is 20.8 Å². The number of aliphatic hydroxyl groups is 1. The maximum atomic E-state index is 9.03. The van der Waals surface area contributed by atoms with Crippen LogP contribution >= 0.6 is 0 Å². The Labute approximate surface area is 159 Å². The molecule has 25 heavy (non-hydrogen) atoms. The third-order valence-corrected chi connectivity index (χ3v) is 5.67. The van der Waals surface area contributed by atoms with Gasteiger partial charge in [-0.2, -0.15) is 0 Å². The maximum Gasteiger partial charge on any atom is 0.0431 e. The van der Waals surface area contributed by atoms with E-state index in [-0.39, 0.29) is 5.54 Å². The molecule has 3 N–H and O–H groups in total. The predicted octanol–water partition coefficient (Wildman–Crippen LogP) is 6.98. The largest absolute Gasteiger partial charge is 0.396 e. The molecule has 1 atom stereocenters. The van der Waals surface area contributed by atoms with Crippen LogP contribution in [0.2, 0.25) is 0 Å². The lowest BCUT2D eigenvalue weighted by Crippen LogP contribution is -2.41. The Kier molecular flexibility index (Phi) is 17.3. The molecule has 2 heteroatoms. The number of aliphatic hydroxyl groups excluding tert-OH is 1. The first-order valence-corrected chi connectivity index (χ1v) is 11.4. The molecular formula is C23H49NO. The Morgan fingerprint density at radius 3 is 1.36 bits per heavy atom. The summed E-state index contributed by atoms with van der Waals surface area (Å²) in [7, 11) is 0. The summed E-state index contributed by atoms with van der Waals surface area (Å²) in [4.78, 5) is 0. The van der Waals surface area contributed by atoms with E-state index in [1.807, 2.05) is 0 Å². The summed E-state index contributed by atoms with van der Waals surface area (Å²) in [6, 6.07) is 0. The van der Waals surface area contributed by atoms with Crippen LogP contribution in [0.15, 0.2) is 0 Å². The minimum Gasteiger partial charge on any atom is -0.396 e. The molecule has 1 unspecified atom stereocenters. The number of hydrogen-bond acceptors (Lipinski definition) is 2. The standard InChI is InChI=1S/C23H49NO/c1-4-5-6-7-8-9-10-11-12-13-14-15-16-17-19-22(20-18-21-25)23(2,3)24/h22,25H,4-21,24H2,1-3H3. The lowest BCUT2D eigenvalue weighted by atomic mass is 9.81. The molecule has 152 valence electrons. The SMILES string of the molecule is CCCCCCCCCCCCCCCCC(CCCO)C(C)(C)N. The highest BCUT2D eigenvalue weighted by molar-refractivity contribution is 4.82. The van der Waals surface area contributed by atoms with E-state index in [4.69, 9.17) is 10.8 Å². The summed E-state index contributed by atoms with van der Waals surface area (Å²) in [5.41, 5.74) is 6.19. The average Bonchev–Trinajstić information content (AvgIpc) is 2.56. The Hall–Kier alpha value is -0.0800. The second kappa shape index (κ2) is 17.3. The fourth-order valence-corrected chi connectivity index (χ4v) is 3.81. The van der Waals surface area contributed by atoms with Gasteiger partial charge in [0.05, 0.1) is 0 Å². The molecule has 0 aliphatic rings. The van der Waals surface area contributed by atoms with Gasteiger partial charge in [-0.25, -0.2) is 0 Å². The molecule has 0 aliphatic carbocycles. The molecule has 0 rings (SSSR count). The second-order valence-electron chi connectivity index (χ2n) is 8.77. The monoisotopic (exact) mass is 355 g/mol. The number of hydrogen-bond donors (Lipinski definition) is 2. The fraction of sp³-hybridized carbons (Fsp3) is 1.00. The summed E-state index contributed by atoms with van der Waals surface area (Å²) in [5, 5.41) is 9.03. The van der Waals surface area contributed by atoms with Crippen LogP contribution < -0.4 is 5.73 Å². The smallest absolute Gasteiger partial charge is 0.0431 e. The molecule has 0 aliphatic heterocycles. The van der Waals surface area contributed by atoms with Gasteiger partial charge in [-0.3, -0.25) is 0 Å². The third-order valence-electron chi connectivity index (χ3n) is 5.67. The van der Waals surface area contributed by atoms with Crippen LogP contribution in [0.25, 0.3) is 0 Å². The van der Waals surface area contributed by atoms with Gasteiger partial charge < -0.3 is 10.8 Å². The summed E-state index contributed by atoms with van der Waals surface area (Å²) in [6.45, 7) is 6.86. The zero-order valence-corrected chi connectivity index (χ0v) is 17.8. The number of rotatable bonds is 19. The molecular weight excluding hydrogens is 306 g/mol. The highest BCUT2D eigenvalue weighted by Gasteiger charge is 2.23. The van der Waals surface area contributed by atoms with Crippen molar-refractivity contribution in [2.45, 2.75) is 135 Å². The van der Waals surface area contributed by atoms with Crippen LogP contribution in [0, 0.1) is 5.92 Å². The van der Waals surface area contributed by atoms with Crippen LogP contribution in [0.5, 0.6) is 0 Å². The Balaban J connectivity index is 3.37. The zero-order valence-electron chi connectivity index (χ0n) is 17.8. The zero-order chi connectivity index (χ0) is 18.8. The normalized spacial score (nSPS) is 13.3. The van der Waals surface area contributed by atoms with E-state index < -0.39 is 0 Å². The molecule has 0 fully saturated rings. The van der Waals surface area contributed by atoms with Gasteiger partial charge in [0.2, 0.25) is 0 Å². The van der Waals surface area contributed by atoms with Crippen LogP contribution in [0.4, 0.5) is 0 Å². The quantitative estimate of drug-likeness (QED) is 0.245. The summed E-state index contributed by atoms with van der Waals surface area (Å²) >= 11 is 0. The van der Waals surface area contributed by atoms with Crippen molar-refractivity contribution in [3.8, 4) is 0 Å². The molecule has 2 nitrogen and oxygen atoms in total. The Morgan fingerprint density at radius 2 is 1.00 bits per heavy atom. The van der Waals surface area contributed by atoms with Crippen molar-refractivity contribution in [3.05, 3.63) is 0 Å². The van der Waals surface area contributed by atoms with E-state index >= 15 is 0 Å². The molecule has 0 saturated heterocycles. The van der Waals surface area contributed by atoms with E-state index in [9.17, 15) is 0 Å². The molecule has 0 heterocycles. The average molecular weight is 356 g/mol. The first-order chi connectivity index (χ1) is 12.0. The molecule has 0 amide bonds. The van der Waals surface area contributed by atoms with Gasteiger partial charge in [0.15, 0.2) is 0 Å². The molecule has 0 aromatic heterocycles. The van der Waals surface area contributed by atoms with Crippen molar-refractivity contribution in [1.82, 2.24) is 0 Å². The minimum absolute atomic E-state index is 0.105. The van der Waals surface area contributed by atoms with E-state index in [0.717, 1.165) is 12.8 Å². The van der Waals surface area contributed by atoms with Gasteiger partial charge in [-0.15, -0.1) is 0 Å². The topological polar surface area (TPSA) is 46.2 Å². The van der Waals surface area contributed by atoms with Crippen molar-refractivity contribution in [3.63, 3.8) is 0 Å². The van der Waals surface area contributed by atoms with E-state index in [1.54, 1.807) is 0 Å². The number of nitrogens with two attached hydrogens (primary N) is 1. The van der Waals surface area contributed by atoms with Crippen molar-refractivity contribution >= 4 is 0 Å². The lowest BCUT2D eigenvalue weighted by Gasteiger charge is -2.30.